The number of ether oxygens (including phenoxy) is 6. The molecular weight excluding hydrogens is 388 g/mol. The molecule has 2 aliphatic heterocycles. The van der Waals surface area contributed by atoms with Gasteiger partial charge in [0.25, 0.3) is 0 Å². The van der Waals surface area contributed by atoms with Crippen molar-refractivity contribution in [3.63, 3.8) is 0 Å². The molecule has 2 heterocycles. The first kappa shape index (κ1) is 21.0. The number of carbonyl (C=O) groups excluding carboxylic acids is 1. The molecule has 0 aromatic heterocycles. The van der Waals surface area contributed by atoms with E-state index < -0.39 is 43.0 Å². The van der Waals surface area contributed by atoms with Crippen LogP contribution in [0.3, 0.4) is 0 Å². The molecule has 4 rings (SSSR count). The Morgan fingerprint density at radius 3 is 2.37 bits per heavy atom. The van der Waals surface area contributed by atoms with E-state index in [1.807, 2.05) is 60.7 Å². The second-order valence-electron chi connectivity index (χ2n) is 7.29. The molecule has 0 N–H and O–H groups in total. The summed E-state index contributed by atoms with van der Waals surface area (Å²) in [6.45, 7) is 1.98. The average Bonchev–Trinajstić information content (AvgIpc) is 2.78. The molecule has 2 saturated heterocycles. The van der Waals surface area contributed by atoms with Gasteiger partial charge in [0.05, 0.1) is 13.2 Å². The van der Waals surface area contributed by atoms with Crippen LogP contribution in [-0.4, -0.2) is 50.4 Å². The molecule has 2 aromatic rings. The molecule has 1 unspecified atom stereocenters. The van der Waals surface area contributed by atoms with E-state index in [0.29, 0.717) is 6.61 Å². The highest BCUT2D eigenvalue weighted by molar-refractivity contribution is 5.66. The highest BCUT2D eigenvalue weighted by Gasteiger charge is 2.52. The predicted molar refractivity (Wildman–Crippen MR) is 106 cm³/mol. The van der Waals surface area contributed by atoms with Gasteiger partial charge in [0.15, 0.2) is 18.7 Å². The van der Waals surface area contributed by atoms with Crippen LogP contribution in [-0.2, 0) is 39.8 Å². The van der Waals surface area contributed by atoms with Crippen LogP contribution in [0, 0.1) is 0 Å². The minimum atomic E-state index is -0.722. The zero-order chi connectivity index (χ0) is 20.9. The van der Waals surface area contributed by atoms with E-state index in [2.05, 4.69) is 0 Å². The van der Waals surface area contributed by atoms with Crippen molar-refractivity contribution in [3.8, 4) is 0 Å². The van der Waals surface area contributed by atoms with Crippen LogP contribution in [0.4, 0.5) is 0 Å². The fourth-order valence-electron chi connectivity index (χ4n) is 3.78. The lowest BCUT2D eigenvalue weighted by atomic mass is 9.97. The summed E-state index contributed by atoms with van der Waals surface area (Å²) in [7, 11) is 1.53. The molecule has 2 aliphatic rings. The number of carbonyl (C=O) groups is 1. The van der Waals surface area contributed by atoms with Crippen molar-refractivity contribution in [1.82, 2.24) is 0 Å². The largest absolute Gasteiger partial charge is 0.457 e. The van der Waals surface area contributed by atoms with Gasteiger partial charge in [-0.05, 0) is 5.56 Å². The molecule has 2 fully saturated rings. The Hall–Kier alpha value is -2.29. The molecule has 7 heteroatoms. The summed E-state index contributed by atoms with van der Waals surface area (Å²) in [5, 5.41) is 0. The van der Waals surface area contributed by atoms with E-state index in [9.17, 15) is 4.79 Å². The predicted octanol–water partition coefficient (Wildman–Crippen LogP) is 2.99. The maximum atomic E-state index is 11.9. The van der Waals surface area contributed by atoms with Gasteiger partial charge in [-0.25, -0.2) is 0 Å². The van der Waals surface area contributed by atoms with Crippen molar-refractivity contribution in [2.24, 2.45) is 0 Å². The number of rotatable bonds is 6. The molecule has 0 radical (unpaired) electrons. The molecule has 30 heavy (non-hydrogen) atoms. The second kappa shape index (κ2) is 9.68. The van der Waals surface area contributed by atoms with Gasteiger partial charge in [0, 0.05) is 19.6 Å². The quantitative estimate of drug-likeness (QED) is 0.673. The normalized spacial score (nSPS) is 31.0. The van der Waals surface area contributed by atoms with Crippen LogP contribution >= 0.6 is 0 Å². The van der Waals surface area contributed by atoms with Gasteiger partial charge in [0.1, 0.15) is 18.3 Å². The lowest BCUT2D eigenvalue weighted by Gasteiger charge is -2.48. The topological polar surface area (TPSA) is 72.5 Å². The lowest BCUT2D eigenvalue weighted by Crippen LogP contribution is -2.63. The molecule has 0 spiro atoms. The maximum Gasteiger partial charge on any atom is 0.303 e. The van der Waals surface area contributed by atoms with Gasteiger partial charge in [-0.1, -0.05) is 60.7 Å². The highest BCUT2D eigenvalue weighted by Crippen LogP contribution is 2.36. The van der Waals surface area contributed by atoms with Crippen molar-refractivity contribution in [3.05, 3.63) is 71.8 Å². The summed E-state index contributed by atoms with van der Waals surface area (Å²) in [4.78, 5) is 11.9. The van der Waals surface area contributed by atoms with Crippen LogP contribution in [0.2, 0.25) is 0 Å². The van der Waals surface area contributed by atoms with Crippen molar-refractivity contribution >= 4 is 5.97 Å². The Labute approximate surface area is 175 Å². The molecule has 0 amide bonds. The van der Waals surface area contributed by atoms with Crippen molar-refractivity contribution in [1.29, 1.82) is 0 Å². The minimum Gasteiger partial charge on any atom is -0.457 e. The summed E-state index contributed by atoms with van der Waals surface area (Å²) in [5.41, 5.74) is 1.87. The number of benzene rings is 2. The van der Waals surface area contributed by atoms with Crippen LogP contribution in [0.5, 0.6) is 0 Å². The molecular formula is C23H26O7. The van der Waals surface area contributed by atoms with E-state index in [0.717, 1.165) is 11.1 Å². The second-order valence-corrected chi connectivity index (χ2v) is 7.29. The lowest BCUT2D eigenvalue weighted by molar-refractivity contribution is -0.364. The van der Waals surface area contributed by atoms with Gasteiger partial charge in [0.2, 0.25) is 0 Å². The Morgan fingerprint density at radius 1 is 1.00 bits per heavy atom. The maximum absolute atomic E-state index is 11.9. The van der Waals surface area contributed by atoms with Gasteiger partial charge in [-0.2, -0.15) is 0 Å². The van der Waals surface area contributed by atoms with E-state index in [1.165, 1.54) is 14.0 Å². The third kappa shape index (κ3) is 4.71. The summed E-state index contributed by atoms with van der Waals surface area (Å²) in [5.74, 6) is -0.421. The zero-order valence-electron chi connectivity index (χ0n) is 17.0. The molecule has 0 bridgehead atoms. The summed E-state index contributed by atoms with van der Waals surface area (Å²) in [6, 6.07) is 19.4. The summed E-state index contributed by atoms with van der Waals surface area (Å²) >= 11 is 0. The van der Waals surface area contributed by atoms with Crippen LogP contribution < -0.4 is 0 Å². The summed E-state index contributed by atoms with van der Waals surface area (Å²) < 4.78 is 35.4. The number of hydrogen-bond donors (Lipinski definition) is 0. The Kier molecular flexibility index (Phi) is 6.76. The van der Waals surface area contributed by atoms with E-state index >= 15 is 0 Å². The van der Waals surface area contributed by atoms with Crippen LogP contribution in [0.25, 0.3) is 0 Å². The first-order chi connectivity index (χ1) is 14.7. The number of fused-ring (bicyclic) bond motifs is 1. The van der Waals surface area contributed by atoms with Crippen molar-refractivity contribution in [2.75, 3.05) is 13.7 Å². The standard InChI is InChI=1S/C23H26O7/c1-15(24)28-20-19-18(14-27-22(30-19)17-11-7-4-8-12-17)29-23(25-2)21(20)26-13-16-9-5-3-6-10-16/h3-12,18-23H,13-14H2,1-2H3/t18-,19-,20+,21-,22?,23-/m1/s1. The third-order valence-electron chi connectivity index (χ3n) is 5.18. The molecule has 7 nitrogen and oxygen atoms in total. The monoisotopic (exact) mass is 414 g/mol. The van der Waals surface area contributed by atoms with Gasteiger partial charge < -0.3 is 28.4 Å². The SMILES string of the molecule is CO[C@@H]1O[C@@H]2COC(c3ccccc3)O[C@H]2[C@H](OC(C)=O)[C@H]1OCc1ccccc1. The smallest absolute Gasteiger partial charge is 0.303 e. The Bertz CT molecular complexity index is 807. The molecule has 6 atom stereocenters. The zero-order valence-corrected chi connectivity index (χ0v) is 17.0. The molecule has 2 aromatic carbocycles. The minimum absolute atomic E-state index is 0.285. The third-order valence-corrected chi connectivity index (χ3v) is 5.18. The number of esters is 1. The first-order valence-corrected chi connectivity index (χ1v) is 9.98. The van der Waals surface area contributed by atoms with Gasteiger partial charge in [-0.15, -0.1) is 0 Å². The van der Waals surface area contributed by atoms with Gasteiger partial charge >= 0.3 is 5.97 Å². The Balaban J connectivity index is 1.55. The number of hydrogen-bond acceptors (Lipinski definition) is 7. The highest BCUT2D eigenvalue weighted by atomic mass is 16.8. The van der Waals surface area contributed by atoms with Crippen molar-refractivity contribution in [2.45, 2.75) is 50.5 Å². The van der Waals surface area contributed by atoms with Gasteiger partial charge in [-0.3, -0.25) is 4.79 Å². The molecule has 160 valence electrons. The van der Waals surface area contributed by atoms with E-state index in [1.54, 1.807) is 0 Å². The van der Waals surface area contributed by atoms with Crippen LogP contribution in [0.15, 0.2) is 60.7 Å². The van der Waals surface area contributed by atoms with E-state index in [4.69, 9.17) is 28.4 Å². The molecule has 0 saturated carbocycles. The Morgan fingerprint density at radius 2 is 1.70 bits per heavy atom. The van der Waals surface area contributed by atoms with Crippen LogP contribution in [0.1, 0.15) is 24.3 Å². The van der Waals surface area contributed by atoms with E-state index in [-0.39, 0.29) is 6.61 Å². The first-order valence-electron chi connectivity index (χ1n) is 9.98. The summed E-state index contributed by atoms with van der Waals surface area (Å²) in [6.07, 6.45) is -3.67. The fraction of sp³-hybridized carbons (Fsp3) is 0.435. The average molecular weight is 414 g/mol. The van der Waals surface area contributed by atoms with Crippen molar-refractivity contribution < 1.29 is 33.2 Å². The number of methoxy groups -OCH3 is 1. The fourth-order valence-corrected chi connectivity index (χ4v) is 3.78. The molecule has 0 aliphatic carbocycles.